The van der Waals surface area contributed by atoms with Crippen LogP contribution in [-0.2, 0) is 12.8 Å². The van der Waals surface area contributed by atoms with E-state index in [1.807, 2.05) is 6.92 Å². The molecule has 3 rings (SSSR count). The number of nitrogens with zero attached hydrogens (tertiary/aromatic N) is 5. The molecule has 2 aromatic rings. The lowest BCUT2D eigenvalue weighted by atomic mass is 9.89. The normalized spacial score (nSPS) is 21.7. The van der Waals surface area contributed by atoms with Gasteiger partial charge in [-0.1, -0.05) is 12.1 Å². The predicted octanol–water partition coefficient (Wildman–Crippen LogP) is 1.44. The zero-order valence-electron chi connectivity index (χ0n) is 13.3. The van der Waals surface area contributed by atoms with Crippen molar-refractivity contribution in [3.8, 4) is 0 Å². The molecule has 3 heterocycles. The number of hydrogen-bond acceptors (Lipinski definition) is 7. The molecule has 1 N–H and O–H groups in total. The van der Waals surface area contributed by atoms with E-state index in [2.05, 4.69) is 20.1 Å². The Morgan fingerprint density at radius 1 is 1.43 bits per heavy atom. The van der Waals surface area contributed by atoms with Crippen LogP contribution in [0.25, 0.3) is 0 Å². The van der Waals surface area contributed by atoms with Crippen molar-refractivity contribution in [3.05, 3.63) is 29.6 Å². The first-order chi connectivity index (χ1) is 11.0. The molecule has 1 aliphatic heterocycles. The van der Waals surface area contributed by atoms with Gasteiger partial charge in [0, 0.05) is 13.1 Å². The molecule has 0 amide bonds. The number of aromatic nitrogens is 4. The van der Waals surface area contributed by atoms with Crippen LogP contribution in [0.5, 0.6) is 0 Å². The predicted molar refractivity (Wildman–Crippen MR) is 80.5 cm³/mol. The summed E-state index contributed by atoms with van der Waals surface area (Å²) in [6.07, 6.45) is 3.44. The zero-order chi connectivity index (χ0) is 16.4. The first-order valence-electron chi connectivity index (χ1n) is 7.76. The molecule has 0 spiro atoms. The summed E-state index contributed by atoms with van der Waals surface area (Å²) in [5.74, 6) is 0.763. The third-order valence-corrected chi connectivity index (χ3v) is 4.08. The van der Waals surface area contributed by atoms with Crippen molar-refractivity contribution in [2.75, 3.05) is 18.0 Å². The van der Waals surface area contributed by atoms with Crippen LogP contribution < -0.4 is 4.90 Å². The molecule has 0 saturated carbocycles. The molecule has 7 nitrogen and oxygen atoms in total. The SMILES string of the molecule is CCc1ncnc(N2CCCC(O)(Cc3nc(C)no3)C2)c1F. The maximum atomic E-state index is 14.5. The molecule has 8 heteroatoms. The van der Waals surface area contributed by atoms with Crippen molar-refractivity contribution in [2.45, 2.75) is 45.1 Å². The van der Waals surface area contributed by atoms with Crippen molar-refractivity contribution in [1.29, 1.82) is 0 Å². The van der Waals surface area contributed by atoms with E-state index in [1.165, 1.54) is 6.33 Å². The Hall–Kier alpha value is -2.09. The lowest BCUT2D eigenvalue weighted by Gasteiger charge is -2.39. The Kier molecular flexibility index (Phi) is 4.25. The van der Waals surface area contributed by atoms with Crippen molar-refractivity contribution >= 4 is 5.82 Å². The molecule has 0 aromatic carbocycles. The Labute approximate surface area is 133 Å². The molecule has 124 valence electrons. The zero-order valence-corrected chi connectivity index (χ0v) is 13.3. The van der Waals surface area contributed by atoms with Crippen LogP contribution >= 0.6 is 0 Å². The molecule has 1 unspecified atom stereocenters. The van der Waals surface area contributed by atoms with Gasteiger partial charge in [0.1, 0.15) is 6.33 Å². The van der Waals surface area contributed by atoms with Gasteiger partial charge >= 0.3 is 0 Å². The summed E-state index contributed by atoms with van der Waals surface area (Å²) >= 11 is 0. The Morgan fingerprint density at radius 3 is 2.96 bits per heavy atom. The lowest BCUT2D eigenvalue weighted by Crippen LogP contribution is -2.50. The molecule has 0 radical (unpaired) electrons. The Morgan fingerprint density at radius 2 is 2.26 bits per heavy atom. The lowest BCUT2D eigenvalue weighted by molar-refractivity contribution is 0.0190. The third kappa shape index (κ3) is 3.31. The van der Waals surface area contributed by atoms with E-state index in [0.717, 1.165) is 6.42 Å². The molecule has 0 aliphatic carbocycles. The maximum absolute atomic E-state index is 14.5. The first-order valence-corrected chi connectivity index (χ1v) is 7.76. The van der Waals surface area contributed by atoms with Crippen molar-refractivity contribution < 1.29 is 14.0 Å². The van der Waals surface area contributed by atoms with Gasteiger partial charge in [0.25, 0.3) is 0 Å². The second-order valence-electron chi connectivity index (χ2n) is 5.97. The number of hydrogen-bond donors (Lipinski definition) is 1. The molecule has 2 aromatic heterocycles. The van der Waals surface area contributed by atoms with E-state index in [-0.39, 0.29) is 18.8 Å². The average Bonchev–Trinajstić information content (AvgIpc) is 2.92. The quantitative estimate of drug-likeness (QED) is 0.911. The van der Waals surface area contributed by atoms with E-state index in [9.17, 15) is 9.50 Å². The molecule has 0 bridgehead atoms. The van der Waals surface area contributed by atoms with E-state index < -0.39 is 11.4 Å². The maximum Gasteiger partial charge on any atom is 0.229 e. The van der Waals surface area contributed by atoms with Gasteiger partial charge in [-0.25, -0.2) is 14.4 Å². The Balaban J connectivity index is 1.80. The molecule has 23 heavy (non-hydrogen) atoms. The minimum Gasteiger partial charge on any atom is -0.388 e. The third-order valence-electron chi connectivity index (χ3n) is 4.08. The molecular weight excluding hydrogens is 301 g/mol. The van der Waals surface area contributed by atoms with Crippen LogP contribution in [0.3, 0.4) is 0 Å². The van der Waals surface area contributed by atoms with Gasteiger partial charge in [0.15, 0.2) is 17.5 Å². The fraction of sp³-hybridized carbons (Fsp3) is 0.600. The van der Waals surface area contributed by atoms with Crippen LogP contribution in [0.15, 0.2) is 10.9 Å². The molecule has 1 atom stereocenters. The van der Waals surface area contributed by atoms with Crippen LogP contribution in [0.2, 0.25) is 0 Å². The summed E-state index contributed by atoms with van der Waals surface area (Å²) in [5.41, 5.74) is -0.655. The van der Waals surface area contributed by atoms with E-state index in [1.54, 1.807) is 11.8 Å². The summed E-state index contributed by atoms with van der Waals surface area (Å²) < 4.78 is 19.5. The van der Waals surface area contributed by atoms with Gasteiger partial charge in [0.2, 0.25) is 5.89 Å². The summed E-state index contributed by atoms with van der Waals surface area (Å²) in [7, 11) is 0. The molecular formula is C15H20FN5O2. The second kappa shape index (κ2) is 6.19. The number of rotatable bonds is 4. The highest BCUT2D eigenvalue weighted by atomic mass is 19.1. The fourth-order valence-electron chi connectivity index (χ4n) is 2.99. The summed E-state index contributed by atoms with van der Waals surface area (Å²) in [6, 6.07) is 0. The fourth-order valence-corrected chi connectivity index (χ4v) is 2.99. The second-order valence-corrected chi connectivity index (χ2v) is 5.97. The molecule has 1 aliphatic rings. The number of halogens is 1. The highest BCUT2D eigenvalue weighted by molar-refractivity contribution is 5.42. The van der Waals surface area contributed by atoms with Gasteiger partial charge in [-0.05, 0) is 26.2 Å². The van der Waals surface area contributed by atoms with Crippen LogP contribution in [0, 0.1) is 12.7 Å². The van der Waals surface area contributed by atoms with Gasteiger partial charge in [0.05, 0.1) is 17.7 Å². The van der Waals surface area contributed by atoms with Crippen LogP contribution in [0.4, 0.5) is 10.2 Å². The number of β-amino-alcohol motifs (C(OH)–C–C–N with tert-alkyl or cyclic N) is 1. The van der Waals surface area contributed by atoms with Gasteiger partial charge in [-0.2, -0.15) is 4.98 Å². The van der Waals surface area contributed by atoms with Gasteiger partial charge in [-0.3, -0.25) is 0 Å². The smallest absolute Gasteiger partial charge is 0.229 e. The molecule has 1 saturated heterocycles. The number of aryl methyl sites for hydroxylation is 2. The monoisotopic (exact) mass is 321 g/mol. The first kappa shape index (κ1) is 15.8. The summed E-state index contributed by atoms with van der Waals surface area (Å²) in [6.45, 7) is 4.49. The van der Waals surface area contributed by atoms with E-state index in [4.69, 9.17) is 4.52 Å². The largest absolute Gasteiger partial charge is 0.388 e. The standard InChI is InChI=1S/C15H20FN5O2/c1-3-11-13(16)14(18-9-17-11)21-6-4-5-15(22,8-21)7-12-19-10(2)20-23-12/h9,22H,3-8H2,1-2H3. The minimum atomic E-state index is -1.04. The highest BCUT2D eigenvalue weighted by Crippen LogP contribution is 2.29. The number of piperidine rings is 1. The van der Waals surface area contributed by atoms with Crippen LogP contribution in [0.1, 0.15) is 37.2 Å². The summed E-state index contributed by atoms with van der Waals surface area (Å²) in [4.78, 5) is 13.9. The molecule has 1 fully saturated rings. The summed E-state index contributed by atoms with van der Waals surface area (Å²) in [5, 5.41) is 14.6. The minimum absolute atomic E-state index is 0.247. The van der Waals surface area contributed by atoms with Crippen molar-refractivity contribution in [3.63, 3.8) is 0 Å². The number of anilines is 1. The Bertz CT molecular complexity index is 692. The topological polar surface area (TPSA) is 88.2 Å². The van der Waals surface area contributed by atoms with Gasteiger partial charge < -0.3 is 14.5 Å². The van der Waals surface area contributed by atoms with Gasteiger partial charge in [-0.15, -0.1) is 0 Å². The highest BCUT2D eigenvalue weighted by Gasteiger charge is 2.36. The van der Waals surface area contributed by atoms with E-state index >= 15 is 0 Å². The van der Waals surface area contributed by atoms with Crippen LogP contribution in [-0.4, -0.2) is 43.9 Å². The van der Waals surface area contributed by atoms with Crippen molar-refractivity contribution in [2.24, 2.45) is 0 Å². The van der Waals surface area contributed by atoms with Crippen molar-refractivity contribution in [1.82, 2.24) is 20.1 Å². The average molecular weight is 321 g/mol. The number of aliphatic hydroxyl groups is 1. The van der Waals surface area contributed by atoms with E-state index in [0.29, 0.717) is 36.8 Å².